The first-order valence-corrected chi connectivity index (χ1v) is 7.21. The Balaban J connectivity index is 3.25. The molecule has 0 fully saturated rings. The van der Waals surface area contributed by atoms with E-state index in [-0.39, 0.29) is 11.4 Å². The SMILES string of the molecule is CCCN(CC(=O)O)S(=O)(=O)c1cc(F)ccc1C. The number of benzene rings is 1. The van der Waals surface area contributed by atoms with E-state index in [0.717, 1.165) is 16.4 Å². The second kappa shape index (κ2) is 6.12. The highest BCUT2D eigenvalue weighted by Crippen LogP contribution is 2.21. The number of hydrogen-bond donors (Lipinski definition) is 1. The molecule has 0 heterocycles. The molecular formula is C12H16FNO4S. The lowest BCUT2D eigenvalue weighted by atomic mass is 10.2. The lowest BCUT2D eigenvalue weighted by molar-refractivity contribution is -0.137. The van der Waals surface area contributed by atoms with Gasteiger partial charge in [0.1, 0.15) is 12.4 Å². The van der Waals surface area contributed by atoms with Crippen LogP contribution in [-0.2, 0) is 14.8 Å². The minimum Gasteiger partial charge on any atom is -0.480 e. The van der Waals surface area contributed by atoms with E-state index in [1.807, 2.05) is 0 Å². The van der Waals surface area contributed by atoms with Gasteiger partial charge in [-0.25, -0.2) is 12.8 Å². The highest BCUT2D eigenvalue weighted by molar-refractivity contribution is 7.89. The number of halogens is 1. The van der Waals surface area contributed by atoms with Crippen LogP contribution in [-0.4, -0.2) is 36.9 Å². The molecule has 0 amide bonds. The van der Waals surface area contributed by atoms with E-state index in [1.54, 1.807) is 6.92 Å². The first-order chi connectivity index (χ1) is 8.78. The smallest absolute Gasteiger partial charge is 0.318 e. The Kier molecular flexibility index (Phi) is 5.02. The Bertz CT molecular complexity index is 571. The summed E-state index contributed by atoms with van der Waals surface area (Å²) in [6.07, 6.45) is 0.473. The third-order valence-electron chi connectivity index (χ3n) is 2.55. The second-order valence-electron chi connectivity index (χ2n) is 4.14. The third-order valence-corrected chi connectivity index (χ3v) is 4.54. The van der Waals surface area contributed by atoms with Gasteiger partial charge in [-0.15, -0.1) is 0 Å². The fraction of sp³-hybridized carbons (Fsp3) is 0.417. The maximum Gasteiger partial charge on any atom is 0.318 e. The van der Waals surface area contributed by atoms with Gasteiger partial charge >= 0.3 is 5.97 Å². The Labute approximate surface area is 111 Å². The van der Waals surface area contributed by atoms with Crippen LogP contribution < -0.4 is 0 Å². The van der Waals surface area contributed by atoms with Gasteiger partial charge in [0.05, 0.1) is 4.90 Å². The average molecular weight is 289 g/mol. The Morgan fingerprint density at radius 1 is 1.42 bits per heavy atom. The third kappa shape index (κ3) is 3.74. The van der Waals surface area contributed by atoms with Crippen LogP contribution in [0.15, 0.2) is 23.1 Å². The molecule has 19 heavy (non-hydrogen) atoms. The van der Waals surface area contributed by atoms with Crippen LogP contribution in [0.4, 0.5) is 4.39 Å². The highest BCUT2D eigenvalue weighted by atomic mass is 32.2. The molecule has 0 aliphatic rings. The summed E-state index contributed by atoms with van der Waals surface area (Å²) in [5.41, 5.74) is 0.382. The molecule has 1 aromatic rings. The molecule has 7 heteroatoms. The predicted octanol–water partition coefficient (Wildman–Crippen LogP) is 1.62. The zero-order valence-electron chi connectivity index (χ0n) is 10.8. The van der Waals surface area contributed by atoms with Gasteiger partial charge in [-0.3, -0.25) is 4.79 Å². The normalized spacial score (nSPS) is 11.8. The molecule has 0 unspecified atom stereocenters. The molecule has 0 saturated heterocycles. The zero-order valence-corrected chi connectivity index (χ0v) is 11.6. The summed E-state index contributed by atoms with van der Waals surface area (Å²) < 4.78 is 38.7. The molecule has 0 aliphatic heterocycles. The molecule has 0 aromatic heterocycles. The van der Waals surface area contributed by atoms with Gasteiger partial charge in [-0.1, -0.05) is 13.0 Å². The number of nitrogens with zero attached hydrogens (tertiary/aromatic N) is 1. The lowest BCUT2D eigenvalue weighted by Crippen LogP contribution is -2.36. The van der Waals surface area contributed by atoms with Crippen molar-refractivity contribution in [3.63, 3.8) is 0 Å². The van der Waals surface area contributed by atoms with E-state index in [0.29, 0.717) is 12.0 Å². The summed E-state index contributed by atoms with van der Waals surface area (Å²) >= 11 is 0. The molecule has 5 nitrogen and oxygen atoms in total. The summed E-state index contributed by atoms with van der Waals surface area (Å²) in [4.78, 5) is 10.5. The molecule has 0 atom stereocenters. The molecule has 0 aliphatic carbocycles. The number of rotatable bonds is 6. The predicted molar refractivity (Wildman–Crippen MR) is 67.8 cm³/mol. The maximum atomic E-state index is 13.2. The summed E-state index contributed by atoms with van der Waals surface area (Å²) in [5.74, 6) is -1.91. The fourth-order valence-corrected chi connectivity index (χ4v) is 3.39. The van der Waals surface area contributed by atoms with Crippen LogP contribution in [0.5, 0.6) is 0 Å². The van der Waals surface area contributed by atoms with Crippen molar-refractivity contribution >= 4 is 16.0 Å². The molecule has 1 N–H and O–H groups in total. The number of carbonyl (C=O) groups is 1. The van der Waals surface area contributed by atoms with Crippen LogP contribution in [0.1, 0.15) is 18.9 Å². The van der Waals surface area contributed by atoms with Crippen molar-refractivity contribution in [2.45, 2.75) is 25.2 Å². The van der Waals surface area contributed by atoms with Crippen molar-refractivity contribution in [3.05, 3.63) is 29.6 Å². The van der Waals surface area contributed by atoms with Gasteiger partial charge in [-0.05, 0) is 31.0 Å². The van der Waals surface area contributed by atoms with Crippen molar-refractivity contribution in [2.75, 3.05) is 13.1 Å². The molecule has 0 radical (unpaired) electrons. The minimum atomic E-state index is -4.00. The molecule has 0 bridgehead atoms. The van der Waals surface area contributed by atoms with Crippen LogP contribution >= 0.6 is 0 Å². The summed E-state index contributed by atoms with van der Waals surface area (Å²) in [6.45, 7) is 2.72. The molecule has 1 rings (SSSR count). The van der Waals surface area contributed by atoms with Crippen LogP contribution in [0.2, 0.25) is 0 Å². The Morgan fingerprint density at radius 2 is 2.05 bits per heavy atom. The van der Waals surface area contributed by atoms with Crippen molar-refractivity contribution < 1.29 is 22.7 Å². The maximum absolute atomic E-state index is 13.2. The van der Waals surface area contributed by atoms with Crippen LogP contribution in [0.3, 0.4) is 0 Å². The van der Waals surface area contributed by atoms with Crippen LogP contribution in [0, 0.1) is 12.7 Å². The standard InChI is InChI=1S/C12H16FNO4S/c1-3-6-14(8-12(15)16)19(17,18)11-7-10(13)5-4-9(11)2/h4-5,7H,3,6,8H2,1-2H3,(H,15,16). The number of aryl methyl sites for hydroxylation is 1. The Hall–Kier alpha value is -1.47. The summed E-state index contributed by atoms with van der Waals surface area (Å²) in [7, 11) is -4.00. The van der Waals surface area contributed by atoms with E-state index in [9.17, 15) is 17.6 Å². The molecule has 0 spiro atoms. The van der Waals surface area contributed by atoms with Crippen molar-refractivity contribution in [2.24, 2.45) is 0 Å². The number of carboxylic acids is 1. The average Bonchev–Trinajstić information content (AvgIpc) is 2.31. The topological polar surface area (TPSA) is 74.7 Å². The molecule has 0 saturated carbocycles. The molecule has 106 valence electrons. The zero-order chi connectivity index (χ0) is 14.6. The minimum absolute atomic E-state index is 0.0740. The first-order valence-electron chi connectivity index (χ1n) is 5.77. The van der Waals surface area contributed by atoms with E-state index < -0.39 is 28.4 Å². The van der Waals surface area contributed by atoms with Gasteiger partial charge in [0.2, 0.25) is 10.0 Å². The van der Waals surface area contributed by atoms with Gasteiger partial charge in [-0.2, -0.15) is 4.31 Å². The van der Waals surface area contributed by atoms with E-state index in [1.165, 1.54) is 13.0 Å². The van der Waals surface area contributed by atoms with E-state index in [4.69, 9.17) is 5.11 Å². The van der Waals surface area contributed by atoms with E-state index in [2.05, 4.69) is 0 Å². The van der Waals surface area contributed by atoms with Gasteiger partial charge in [0.15, 0.2) is 0 Å². The molecule has 1 aromatic carbocycles. The summed E-state index contributed by atoms with van der Waals surface area (Å²) in [6, 6.07) is 3.43. The largest absolute Gasteiger partial charge is 0.480 e. The number of sulfonamides is 1. The van der Waals surface area contributed by atoms with Crippen molar-refractivity contribution in [1.82, 2.24) is 4.31 Å². The fourth-order valence-electron chi connectivity index (χ4n) is 1.68. The lowest BCUT2D eigenvalue weighted by Gasteiger charge is -2.20. The van der Waals surface area contributed by atoms with E-state index >= 15 is 0 Å². The second-order valence-corrected chi connectivity index (χ2v) is 6.05. The molecular weight excluding hydrogens is 273 g/mol. The summed E-state index contributed by atoms with van der Waals surface area (Å²) in [5, 5.41) is 8.76. The first kappa shape index (κ1) is 15.6. The number of aliphatic carboxylic acids is 1. The van der Waals surface area contributed by atoms with Crippen molar-refractivity contribution in [1.29, 1.82) is 0 Å². The van der Waals surface area contributed by atoms with Crippen molar-refractivity contribution in [3.8, 4) is 0 Å². The van der Waals surface area contributed by atoms with Gasteiger partial charge in [0.25, 0.3) is 0 Å². The van der Waals surface area contributed by atoms with Crippen LogP contribution in [0.25, 0.3) is 0 Å². The van der Waals surface area contributed by atoms with Gasteiger partial charge < -0.3 is 5.11 Å². The Morgan fingerprint density at radius 3 is 2.58 bits per heavy atom. The van der Waals surface area contributed by atoms with Gasteiger partial charge in [0, 0.05) is 6.54 Å². The highest BCUT2D eigenvalue weighted by Gasteiger charge is 2.27. The number of carboxylic acid groups (broad SMARTS) is 1. The number of hydrogen-bond acceptors (Lipinski definition) is 3. The quantitative estimate of drug-likeness (QED) is 0.863. The monoisotopic (exact) mass is 289 g/mol.